The van der Waals surface area contributed by atoms with Crippen LogP contribution in [0.15, 0.2) is 33.9 Å². The lowest BCUT2D eigenvalue weighted by Gasteiger charge is -2.08. The number of carbonyl (C=O) groups is 1. The molecule has 0 unspecified atom stereocenters. The van der Waals surface area contributed by atoms with E-state index in [1.165, 1.54) is 25.1 Å². The van der Waals surface area contributed by atoms with Gasteiger partial charge in [0.05, 0.1) is 0 Å². The fourth-order valence-corrected chi connectivity index (χ4v) is 1.99. The minimum atomic E-state index is -0.466. The Morgan fingerprint density at radius 1 is 1.19 bits per heavy atom. The Balaban J connectivity index is 2.24. The predicted octanol–water partition coefficient (Wildman–Crippen LogP) is 1.10. The molecular weight excluding hydrogens is 275 g/mol. The molecule has 0 spiro atoms. The highest BCUT2D eigenvalue weighted by Gasteiger charge is 2.12. The summed E-state index contributed by atoms with van der Waals surface area (Å²) in [4.78, 5) is 35.5. The van der Waals surface area contributed by atoms with Crippen molar-refractivity contribution in [1.29, 1.82) is 0 Å². The van der Waals surface area contributed by atoms with Crippen LogP contribution >= 0.6 is 0 Å². The van der Waals surface area contributed by atoms with Crippen molar-refractivity contribution < 1.29 is 9.18 Å². The summed E-state index contributed by atoms with van der Waals surface area (Å²) in [6.07, 6.45) is -0.131. The van der Waals surface area contributed by atoms with Gasteiger partial charge in [-0.15, -0.1) is 0 Å². The Morgan fingerprint density at radius 2 is 1.86 bits per heavy atom. The molecule has 1 aromatic carbocycles. The number of rotatable bonds is 4. The maximum atomic E-state index is 13.5. The van der Waals surface area contributed by atoms with Gasteiger partial charge in [0.15, 0.2) is 5.78 Å². The van der Waals surface area contributed by atoms with Crippen LogP contribution in [0.4, 0.5) is 4.39 Å². The Bertz CT molecular complexity index is 805. The third-order valence-electron chi connectivity index (χ3n) is 3.39. The van der Waals surface area contributed by atoms with Crippen LogP contribution in [-0.4, -0.2) is 15.6 Å². The molecule has 0 saturated heterocycles. The largest absolute Gasteiger partial charge is 0.297 e. The van der Waals surface area contributed by atoms with Crippen LogP contribution in [0.25, 0.3) is 0 Å². The van der Waals surface area contributed by atoms with Gasteiger partial charge in [-0.25, -0.2) is 9.07 Å². The average molecular weight is 290 g/mol. The summed E-state index contributed by atoms with van der Waals surface area (Å²) in [6, 6.07) is 5.95. The van der Waals surface area contributed by atoms with Gasteiger partial charge in [-0.05, 0) is 25.5 Å². The number of Topliss-reactive ketones (excluding diaryl/α,β-unsaturated/α-hetero) is 1. The lowest BCUT2D eigenvalue weighted by Crippen LogP contribution is -2.35. The first-order valence-electron chi connectivity index (χ1n) is 6.45. The van der Waals surface area contributed by atoms with Gasteiger partial charge in [0, 0.05) is 17.5 Å². The number of aromatic nitrogens is 2. The Morgan fingerprint density at radius 3 is 2.52 bits per heavy atom. The van der Waals surface area contributed by atoms with Gasteiger partial charge < -0.3 is 0 Å². The number of aromatic amines is 1. The van der Waals surface area contributed by atoms with E-state index in [1.807, 2.05) is 0 Å². The molecule has 5 nitrogen and oxygen atoms in total. The molecule has 1 N–H and O–H groups in total. The van der Waals surface area contributed by atoms with Gasteiger partial charge >= 0.3 is 0 Å². The number of carbonyl (C=O) groups excluding carboxylic acids is 1. The number of hydrogen-bond acceptors (Lipinski definition) is 3. The summed E-state index contributed by atoms with van der Waals surface area (Å²) >= 11 is 0. The van der Waals surface area contributed by atoms with E-state index in [-0.39, 0.29) is 24.3 Å². The van der Waals surface area contributed by atoms with Crippen molar-refractivity contribution >= 4 is 5.78 Å². The molecule has 1 aromatic heterocycles. The highest BCUT2D eigenvalue weighted by Crippen LogP contribution is 2.07. The molecular formula is C15H15FN2O3. The zero-order valence-corrected chi connectivity index (χ0v) is 11.8. The standard InChI is InChI=1S/C15H15FN2O3/c1-9-10(2)15(21)18(17-14(9)20)8-12(19)7-11-5-3-4-6-13(11)16/h3-6H,7-8H2,1-2H3,(H,17,20). The third-order valence-corrected chi connectivity index (χ3v) is 3.39. The van der Waals surface area contributed by atoms with E-state index in [1.54, 1.807) is 13.0 Å². The minimum Gasteiger partial charge on any atom is -0.297 e. The van der Waals surface area contributed by atoms with E-state index in [2.05, 4.69) is 5.10 Å². The van der Waals surface area contributed by atoms with Gasteiger partial charge in [0.2, 0.25) is 0 Å². The molecule has 1 heterocycles. The summed E-state index contributed by atoms with van der Waals surface area (Å²) in [6.45, 7) is 2.79. The number of nitrogens with zero attached hydrogens (tertiary/aromatic N) is 1. The molecule has 0 radical (unpaired) electrons. The van der Waals surface area contributed by atoms with Gasteiger partial charge in [-0.3, -0.25) is 19.5 Å². The Kier molecular flexibility index (Phi) is 4.16. The summed E-state index contributed by atoms with van der Waals surface area (Å²) < 4.78 is 14.4. The molecule has 21 heavy (non-hydrogen) atoms. The first-order chi connectivity index (χ1) is 9.90. The van der Waals surface area contributed by atoms with E-state index in [0.717, 1.165) is 4.68 Å². The zero-order chi connectivity index (χ0) is 15.6. The third kappa shape index (κ3) is 3.16. The van der Waals surface area contributed by atoms with Crippen molar-refractivity contribution in [3.05, 3.63) is 67.5 Å². The number of halogens is 1. The predicted molar refractivity (Wildman–Crippen MR) is 75.9 cm³/mol. The molecule has 2 aromatic rings. The van der Waals surface area contributed by atoms with E-state index >= 15 is 0 Å². The molecule has 110 valence electrons. The molecule has 2 rings (SSSR count). The number of ketones is 1. The van der Waals surface area contributed by atoms with E-state index < -0.39 is 16.9 Å². The van der Waals surface area contributed by atoms with Crippen LogP contribution in [0.5, 0.6) is 0 Å². The van der Waals surface area contributed by atoms with Crippen LogP contribution in [0.1, 0.15) is 16.7 Å². The second-order valence-electron chi connectivity index (χ2n) is 4.89. The number of hydrogen-bond donors (Lipinski definition) is 1. The molecule has 0 aliphatic heterocycles. The van der Waals surface area contributed by atoms with Crippen LogP contribution < -0.4 is 11.1 Å². The molecule has 0 bridgehead atoms. The van der Waals surface area contributed by atoms with Crippen LogP contribution in [0.3, 0.4) is 0 Å². The average Bonchev–Trinajstić information content (AvgIpc) is 2.45. The minimum absolute atomic E-state index is 0.131. The SMILES string of the molecule is Cc1c(C)c(=O)n(CC(=O)Cc2ccccc2F)[nH]c1=O. The molecule has 0 saturated carbocycles. The molecule has 6 heteroatoms. The van der Waals surface area contributed by atoms with Crippen molar-refractivity contribution in [3.8, 4) is 0 Å². The van der Waals surface area contributed by atoms with Gasteiger partial charge in [-0.1, -0.05) is 18.2 Å². The maximum Gasteiger partial charge on any atom is 0.268 e. The summed E-state index contributed by atoms with van der Waals surface area (Å²) in [5, 5.41) is 2.35. The van der Waals surface area contributed by atoms with E-state index in [0.29, 0.717) is 11.1 Å². The van der Waals surface area contributed by atoms with Crippen molar-refractivity contribution in [2.75, 3.05) is 0 Å². The molecule has 0 amide bonds. The second-order valence-corrected chi connectivity index (χ2v) is 4.89. The van der Waals surface area contributed by atoms with E-state index in [9.17, 15) is 18.8 Å². The van der Waals surface area contributed by atoms with Crippen molar-refractivity contribution in [2.45, 2.75) is 26.8 Å². The topological polar surface area (TPSA) is 71.9 Å². The van der Waals surface area contributed by atoms with Gasteiger partial charge in [-0.2, -0.15) is 0 Å². The number of nitrogens with one attached hydrogen (secondary N) is 1. The van der Waals surface area contributed by atoms with Gasteiger partial charge in [0.25, 0.3) is 11.1 Å². The van der Waals surface area contributed by atoms with Crippen molar-refractivity contribution in [3.63, 3.8) is 0 Å². The Labute approximate surface area is 120 Å². The summed E-state index contributed by atoms with van der Waals surface area (Å²) in [5.74, 6) is -0.826. The summed E-state index contributed by atoms with van der Waals surface area (Å²) in [7, 11) is 0. The highest BCUT2D eigenvalue weighted by molar-refractivity contribution is 5.80. The second kappa shape index (κ2) is 5.87. The normalized spacial score (nSPS) is 10.6. The smallest absolute Gasteiger partial charge is 0.268 e. The first-order valence-corrected chi connectivity index (χ1v) is 6.45. The fraction of sp³-hybridized carbons (Fsp3) is 0.267. The molecule has 0 aliphatic rings. The molecule has 0 fully saturated rings. The number of H-pyrrole nitrogens is 1. The maximum absolute atomic E-state index is 13.5. The lowest BCUT2D eigenvalue weighted by molar-refractivity contribution is -0.119. The van der Waals surface area contributed by atoms with Crippen LogP contribution in [0.2, 0.25) is 0 Å². The van der Waals surface area contributed by atoms with Gasteiger partial charge in [0.1, 0.15) is 12.4 Å². The lowest BCUT2D eigenvalue weighted by atomic mass is 10.1. The zero-order valence-electron chi connectivity index (χ0n) is 11.8. The number of benzene rings is 1. The molecule has 0 atom stereocenters. The van der Waals surface area contributed by atoms with Crippen molar-refractivity contribution in [2.24, 2.45) is 0 Å². The fourth-order valence-electron chi connectivity index (χ4n) is 1.99. The Hall–Kier alpha value is -2.50. The van der Waals surface area contributed by atoms with Crippen LogP contribution in [0, 0.1) is 19.7 Å². The quantitative estimate of drug-likeness (QED) is 0.916. The van der Waals surface area contributed by atoms with Crippen LogP contribution in [-0.2, 0) is 17.8 Å². The molecule has 0 aliphatic carbocycles. The first kappa shape index (κ1) is 14.9. The highest BCUT2D eigenvalue weighted by atomic mass is 19.1. The van der Waals surface area contributed by atoms with E-state index in [4.69, 9.17) is 0 Å². The monoisotopic (exact) mass is 290 g/mol. The summed E-state index contributed by atoms with van der Waals surface area (Å²) in [5.41, 5.74) is 0.0664. The van der Waals surface area contributed by atoms with Crippen molar-refractivity contribution in [1.82, 2.24) is 9.78 Å².